The molecule has 8 heteroatoms. The van der Waals surface area contributed by atoms with Crippen LogP contribution in [0.15, 0.2) is 28.0 Å². The van der Waals surface area contributed by atoms with Crippen LogP contribution in [-0.4, -0.2) is 44.0 Å². The summed E-state index contributed by atoms with van der Waals surface area (Å²) >= 11 is 1.29. The molecule has 0 aliphatic rings. The maximum Gasteiger partial charge on any atom is 0.235 e. The second kappa shape index (κ2) is 6.66. The van der Waals surface area contributed by atoms with E-state index in [0.29, 0.717) is 29.8 Å². The summed E-state index contributed by atoms with van der Waals surface area (Å²) in [7, 11) is 0. The average molecular weight is 309 g/mol. The molecule has 2 aromatic heterocycles. The van der Waals surface area contributed by atoms with Crippen LogP contribution in [0.5, 0.6) is 0 Å². The van der Waals surface area contributed by atoms with E-state index in [1.54, 1.807) is 23.3 Å². The monoisotopic (exact) mass is 309 g/mol. The van der Waals surface area contributed by atoms with Crippen molar-refractivity contribution in [3.05, 3.63) is 18.4 Å². The summed E-state index contributed by atoms with van der Waals surface area (Å²) in [6.07, 6.45) is 1.54. The van der Waals surface area contributed by atoms with Gasteiger partial charge in [-0.25, -0.2) is 4.68 Å². The maximum absolute atomic E-state index is 12.2. The highest BCUT2D eigenvalue weighted by atomic mass is 32.2. The third-order valence-corrected chi connectivity index (χ3v) is 4.16. The molecule has 0 radical (unpaired) electrons. The smallest absolute Gasteiger partial charge is 0.235 e. The Labute approximate surface area is 127 Å². The van der Waals surface area contributed by atoms with Crippen LogP contribution in [0.1, 0.15) is 20.8 Å². The van der Waals surface area contributed by atoms with Crippen molar-refractivity contribution in [2.75, 3.05) is 18.9 Å². The first-order valence-electron chi connectivity index (χ1n) is 6.78. The standard InChI is InChI=1S/C13H19N5O2S/c1-4-17(5-2)12(19)9(3)21-13-16-15-11(18(13)14)10-7-6-8-20-10/h6-9H,4-5,14H2,1-3H3. The van der Waals surface area contributed by atoms with Gasteiger partial charge in [-0.3, -0.25) is 4.79 Å². The van der Waals surface area contributed by atoms with Crippen LogP contribution in [0.2, 0.25) is 0 Å². The van der Waals surface area contributed by atoms with E-state index < -0.39 is 0 Å². The van der Waals surface area contributed by atoms with Crippen LogP contribution in [0.3, 0.4) is 0 Å². The van der Waals surface area contributed by atoms with Crippen LogP contribution in [0, 0.1) is 0 Å². The molecule has 0 saturated carbocycles. The number of aromatic nitrogens is 3. The lowest BCUT2D eigenvalue weighted by Crippen LogP contribution is -2.36. The Balaban J connectivity index is 2.12. The third kappa shape index (κ3) is 3.21. The van der Waals surface area contributed by atoms with E-state index >= 15 is 0 Å². The number of carbonyl (C=O) groups is 1. The van der Waals surface area contributed by atoms with E-state index in [1.807, 2.05) is 20.8 Å². The molecule has 21 heavy (non-hydrogen) atoms. The van der Waals surface area contributed by atoms with Gasteiger partial charge in [-0.05, 0) is 32.9 Å². The third-order valence-electron chi connectivity index (χ3n) is 3.11. The summed E-state index contributed by atoms with van der Waals surface area (Å²) in [6, 6.07) is 3.51. The van der Waals surface area contributed by atoms with Crippen molar-refractivity contribution >= 4 is 17.7 Å². The Morgan fingerprint density at radius 3 is 2.76 bits per heavy atom. The van der Waals surface area contributed by atoms with Crippen LogP contribution < -0.4 is 5.84 Å². The molecular formula is C13H19N5O2S. The van der Waals surface area contributed by atoms with Gasteiger partial charge in [-0.15, -0.1) is 10.2 Å². The lowest BCUT2D eigenvalue weighted by molar-refractivity contribution is -0.129. The molecular weight excluding hydrogens is 290 g/mol. The van der Waals surface area contributed by atoms with E-state index in [1.165, 1.54) is 16.4 Å². The number of rotatable bonds is 6. The molecule has 0 saturated heterocycles. The van der Waals surface area contributed by atoms with E-state index in [2.05, 4.69) is 10.2 Å². The molecule has 0 aromatic carbocycles. The minimum atomic E-state index is -0.277. The molecule has 2 N–H and O–H groups in total. The quantitative estimate of drug-likeness (QED) is 0.644. The molecule has 1 amide bonds. The molecule has 0 fully saturated rings. The van der Waals surface area contributed by atoms with Gasteiger partial charge in [0.2, 0.25) is 16.9 Å². The first-order chi connectivity index (χ1) is 10.1. The molecule has 7 nitrogen and oxygen atoms in total. The van der Waals surface area contributed by atoms with E-state index in [-0.39, 0.29) is 11.2 Å². The molecule has 2 rings (SSSR count). The number of carbonyl (C=O) groups excluding carboxylic acids is 1. The highest BCUT2D eigenvalue weighted by Crippen LogP contribution is 2.25. The normalized spacial score (nSPS) is 12.3. The molecule has 1 atom stereocenters. The fourth-order valence-electron chi connectivity index (χ4n) is 1.93. The van der Waals surface area contributed by atoms with Crippen molar-refractivity contribution in [2.24, 2.45) is 0 Å². The summed E-state index contributed by atoms with van der Waals surface area (Å²) in [6.45, 7) is 7.13. The van der Waals surface area contributed by atoms with E-state index in [4.69, 9.17) is 10.3 Å². The number of nitrogens with zero attached hydrogens (tertiary/aromatic N) is 4. The fraction of sp³-hybridized carbons (Fsp3) is 0.462. The first kappa shape index (κ1) is 15.4. The SMILES string of the molecule is CCN(CC)C(=O)C(C)Sc1nnc(-c2ccco2)n1N. The lowest BCUT2D eigenvalue weighted by Gasteiger charge is -2.22. The number of hydrogen-bond donors (Lipinski definition) is 1. The summed E-state index contributed by atoms with van der Waals surface area (Å²) in [5.41, 5.74) is 0. The minimum Gasteiger partial charge on any atom is -0.461 e. The van der Waals surface area contributed by atoms with Gasteiger partial charge in [0.1, 0.15) is 0 Å². The highest BCUT2D eigenvalue weighted by Gasteiger charge is 2.23. The van der Waals surface area contributed by atoms with Crippen LogP contribution in [0.25, 0.3) is 11.6 Å². The Bertz CT molecular complexity index is 592. The van der Waals surface area contributed by atoms with Gasteiger partial charge in [0, 0.05) is 13.1 Å². The molecule has 114 valence electrons. The molecule has 0 spiro atoms. The average Bonchev–Trinajstić information content (AvgIpc) is 3.11. The predicted molar refractivity (Wildman–Crippen MR) is 81.1 cm³/mol. The molecule has 1 unspecified atom stereocenters. The number of thioether (sulfide) groups is 1. The zero-order valence-corrected chi connectivity index (χ0v) is 13.1. The van der Waals surface area contributed by atoms with Gasteiger partial charge in [-0.2, -0.15) is 0 Å². The van der Waals surface area contributed by atoms with Gasteiger partial charge in [-0.1, -0.05) is 11.8 Å². The number of nitrogens with two attached hydrogens (primary N) is 1. The number of nitrogen functional groups attached to an aromatic ring is 1. The van der Waals surface area contributed by atoms with E-state index in [9.17, 15) is 4.79 Å². The van der Waals surface area contributed by atoms with Crippen molar-refractivity contribution in [1.29, 1.82) is 0 Å². The molecule has 0 bridgehead atoms. The van der Waals surface area contributed by atoms with Gasteiger partial charge >= 0.3 is 0 Å². The topological polar surface area (TPSA) is 90.2 Å². The molecule has 2 heterocycles. The van der Waals surface area contributed by atoms with Crippen LogP contribution in [-0.2, 0) is 4.79 Å². The first-order valence-corrected chi connectivity index (χ1v) is 7.66. The van der Waals surface area contributed by atoms with Gasteiger partial charge in [0.25, 0.3) is 0 Å². The van der Waals surface area contributed by atoms with E-state index in [0.717, 1.165) is 0 Å². The predicted octanol–water partition coefficient (Wildman–Crippen LogP) is 1.60. The summed E-state index contributed by atoms with van der Waals surface area (Å²) < 4.78 is 6.59. The highest BCUT2D eigenvalue weighted by molar-refractivity contribution is 8.00. The Morgan fingerprint density at radius 2 is 2.19 bits per heavy atom. The largest absolute Gasteiger partial charge is 0.461 e. The Kier molecular flexibility index (Phi) is 4.89. The Hall–Kier alpha value is -1.96. The number of amides is 1. The lowest BCUT2D eigenvalue weighted by atomic mass is 10.4. The van der Waals surface area contributed by atoms with Crippen molar-refractivity contribution in [1.82, 2.24) is 19.8 Å². The molecule has 2 aromatic rings. The summed E-state index contributed by atoms with van der Waals surface area (Å²) in [5, 5.41) is 8.23. The second-order valence-corrected chi connectivity index (χ2v) is 5.73. The number of hydrogen-bond acceptors (Lipinski definition) is 6. The zero-order valence-electron chi connectivity index (χ0n) is 12.3. The van der Waals surface area contributed by atoms with Gasteiger partial charge in [0.05, 0.1) is 11.5 Å². The molecule has 0 aliphatic carbocycles. The Morgan fingerprint density at radius 1 is 1.48 bits per heavy atom. The van der Waals surface area contributed by atoms with Gasteiger partial charge < -0.3 is 15.2 Å². The van der Waals surface area contributed by atoms with Crippen molar-refractivity contribution in [3.63, 3.8) is 0 Å². The maximum atomic E-state index is 12.2. The molecule has 0 aliphatic heterocycles. The van der Waals surface area contributed by atoms with Crippen molar-refractivity contribution in [2.45, 2.75) is 31.2 Å². The number of furan rings is 1. The van der Waals surface area contributed by atoms with Gasteiger partial charge in [0.15, 0.2) is 5.76 Å². The summed E-state index contributed by atoms with van der Waals surface area (Å²) in [4.78, 5) is 14.0. The van der Waals surface area contributed by atoms with Crippen molar-refractivity contribution < 1.29 is 9.21 Å². The zero-order chi connectivity index (χ0) is 15.4. The minimum absolute atomic E-state index is 0.0625. The van der Waals surface area contributed by atoms with Crippen LogP contribution >= 0.6 is 11.8 Å². The van der Waals surface area contributed by atoms with Crippen molar-refractivity contribution in [3.8, 4) is 11.6 Å². The fourth-order valence-corrected chi connectivity index (χ4v) is 2.79. The summed E-state index contributed by atoms with van der Waals surface area (Å²) in [5.74, 6) is 7.01. The van der Waals surface area contributed by atoms with Crippen LogP contribution in [0.4, 0.5) is 0 Å². The second-order valence-electron chi connectivity index (χ2n) is 4.42.